The number of nitrogens with one attached hydrogen (secondary N) is 1. The Morgan fingerprint density at radius 2 is 2.31 bits per heavy atom. The molecule has 2 N–H and O–H groups in total. The van der Waals surface area contributed by atoms with Gasteiger partial charge in [0.05, 0.1) is 19.3 Å². The smallest absolute Gasteiger partial charge is 0.236 e. The minimum absolute atomic E-state index is 0.0438. The van der Waals surface area contributed by atoms with E-state index in [2.05, 4.69) is 5.32 Å². The van der Waals surface area contributed by atoms with Gasteiger partial charge in [0.25, 0.3) is 0 Å². The third-order valence-electron chi connectivity index (χ3n) is 1.60. The zero-order chi connectivity index (χ0) is 10.3. The highest BCUT2D eigenvalue weighted by Gasteiger charge is 2.12. The molecule has 5 heteroatoms. The van der Waals surface area contributed by atoms with Gasteiger partial charge in [0.2, 0.25) is 5.91 Å². The lowest BCUT2D eigenvalue weighted by Crippen LogP contribution is -2.40. The van der Waals surface area contributed by atoms with Crippen molar-refractivity contribution in [2.75, 3.05) is 40.9 Å². The Bertz CT molecular complexity index is 152. The summed E-state index contributed by atoms with van der Waals surface area (Å²) in [7, 11) is 4.87. The molecule has 0 bridgehead atoms. The molecule has 0 spiro atoms. The minimum atomic E-state index is -0.615. The molecule has 5 nitrogen and oxygen atoms in total. The van der Waals surface area contributed by atoms with Gasteiger partial charge in [0.15, 0.2) is 0 Å². The first-order chi connectivity index (χ1) is 6.11. The number of methoxy groups -OCH3 is 1. The van der Waals surface area contributed by atoms with Gasteiger partial charge >= 0.3 is 0 Å². The first-order valence-electron chi connectivity index (χ1n) is 4.17. The van der Waals surface area contributed by atoms with Gasteiger partial charge in [-0.25, -0.2) is 0 Å². The van der Waals surface area contributed by atoms with Crippen LogP contribution in [0.3, 0.4) is 0 Å². The van der Waals surface area contributed by atoms with Crippen molar-refractivity contribution in [3.05, 3.63) is 0 Å². The summed E-state index contributed by atoms with van der Waals surface area (Å²) in [6.45, 7) is 0.835. The summed E-state index contributed by atoms with van der Waals surface area (Å²) in [5.41, 5.74) is 0. The molecule has 13 heavy (non-hydrogen) atoms. The molecule has 1 amide bonds. The van der Waals surface area contributed by atoms with E-state index in [4.69, 9.17) is 4.74 Å². The lowest BCUT2D eigenvalue weighted by atomic mass is 10.3. The van der Waals surface area contributed by atoms with Crippen LogP contribution in [0.5, 0.6) is 0 Å². The van der Waals surface area contributed by atoms with Gasteiger partial charge in [-0.15, -0.1) is 0 Å². The van der Waals surface area contributed by atoms with Crippen LogP contribution >= 0.6 is 0 Å². The van der Waals surface area contributed by atoms with E-state index < -0.39 is 6.10 Å². The Kier molecular flexibility index (Phi) is 6.48. The fourth-order valence-electron chi connectivity index (χ4n) is 0.949. The van der Waals surface area contributed by atoms with E-state index in [0.717, 1.165) is 0 Å². The molecule has 0 heterocycles. The molecule has 0 saturated heterocycles. The number of ether oxygens (including phenoxy) is 1. The number of aliphatic hydroxyl groups is 1. The van der Waals surface area contributed by atoms with Crippen molar-refractivity contribution in [2.24, 2.45) is 0 Å². The van der Waals surface area contributed by atoms with E-state index in [1.165, 1.54) is 12.0 Å². The molecule has 0 aromatic heterocycles. The quantitative estimate of drug-likeness (QED) is 0.545. The first-order valence-corrected chi connectivity index (χ1v) is 4.17. The van der Waals surface area contributed by atoms with Gasteiger partial charge in [-0.1, -0.05) is 0 Å². The zero-order valence-corrected chi connectivity index (χ0v) is 8.41. The molecule has 0 aromatic carbocycles. The van der Waals surface area contributed by atoms with Crippen LogP contribution in [0.25, 0.3) is 0 Å². The SMILES string of the molecule is CNCC(=O)N(C)CC(O)COC. The maximum Gasteiger partial charge on any atom is 0.236 e. The number of amides is 1. The number of hydrogen-bond donors (Lipinski definition) is 2. The molecule has 0 rings (SSSR count). The van der Waals surface area contributed by atoms with Crippen LogP contribution < -0.4 is 5.32 Å². The van der Waals surface area contributed by atoms with E-state index in [0.29, 0.717) is 6.54 Å². The molecule has 0 fully saturated rings. The van der Waals surface area contributed by atoms with Crippen molar-refractivity contribution in [3.8, 4) is 0 Å². The van der Waals surface area contributed by atoms with Crippen molar-refractivity contribution >= 4 is 5.91 Å². The number of carbonyl (C=O) groups excluding carboxylic acids is 1. The van der Waals surface area contributed by atoms with Gasteiger partial charge < -0.3 is 20.1 Å². The molecule has 0 saturated carbocycles. The Balaban J connectivity index is 3.71. The number of hydrogen-bond acceptors (Lipinski definition) is 4. The van der Waals surface area contributed by atoms with E-state index in [-0.39, 0.29) is 19.1 Å². The van der Waals surface area contributed by atoms with Crippen LogP contribution in [0.2, 0.25) is 0 Å². The molecule has 0 aromatic rings. The van der Waals surface area contributed by atoms with Gasteiger partial charge in [-0.2, -0.15) is 0 Å². The van der Waals surface area contributed by atoms with E-state index in [1.54, 1.807) is 14.1 Å². The fraction of sp³-hybridized carbons (Fsp3) is 0.875. The molecular weight excluding hydrogens is 172 g/mol. The van der Waals surface area contributed by atoms with E-state index >= 15 is 0 Å². The summed E-state index contributed by atoms with van der Waals surface area (Å²) in [5.74, 6) is -0.0438. The second-order valence-corrected chi connectivity index (χ2v) is 2.91. The molecule has 1 atom stereocenters. The van der Waals surface area contributed by atoms with Gasteiger partial charge in [0.1, 0.15) is 0 Å². The van der Waals surface area contributed by atoms with Crippen LogP contribution in [0.4, 0.5) is 0 Å². The normalized spacial score (nSPS) is 12.6. The Morgan fingerprint density at radius 1 is 1.69 bits per heavy atom. The Labute approximate surface area is 78.7 Å². The molecule has 0 aliphatic rings. The van der Waals surface area contributed by atoms with E-state index in [1.807, 2.05) is 0 Å². The topological polar surface area (TPSA) is 61.8 Å². The predicted octanol–water partition coefficient (Wildman–Crippen LogP) is -1.33. The van der Waals surface area contributed by atoms with Crippen molar-refractivity contribution in [1.29, 1.82) is 0 Å². The number of aliphatic hydroxyl groups excluding tert-OH is 1. The highest BCUT2D eigenvalue weighted by Crippen LogP contribution is 1.90. The third-order valence-corrected chi connectivity index (χ3v) is 1.60. The summed E-state index contributed by atoms with van der Waals surface area (Å²) in [5, 5.41) is 12.0. The standard InChI is InChI=1S/C8H18N2O3/c1-9-4-8(12)10(2)5-7(11)6-13-3/h7,9,11H,4-6H2,1-3H3. The van der Waals surface area contributed by atoms with E-state index in [9.17, 15) is 9.90 Å². The van der Waals surface area contributed by atoms with Crippen LogP contribution in [0.1, 0.15) is 0 Å². The van der Waals surface area contributed by atoms with Crippen LogP contribution in [-0.4, -0.2) is 62.9 Å². The lowest BCUT2D eigenvalue weighted by molar-refractivity contribution is -0.130. The van der Waals surface area contributed by atoms with Crippen LogP contribution in [-0.2, 0) is 9.53 Å². The second kappa shape index (κ2) is 6.82. The number of rotatable bonds is 6. The number of likely N-dealkylation sites (N-methyl/N-ethyl adjacent to an activating group) is 2. The monoisotopic (exact) mass is 190 g/mol. The maximum atomic E-state index is 11.2. The van der Waals surface area contributed by atoms with Gasteiger partial charge in [-0.3, -0.25) is 4.79 Å². The fourth-order valence-corrected chi connectivity index (χ4v) is 0.949. The second-order valence-electron chi connectivity index (χ2n) is 2.91. The summed E-state index contributed by atoms with van der Waals surface area (Å²) in [4.78, 5) is 12.7. The molecule has 1 unspecified atom stereocenters. The zero-order valence-electron chi connectivity index (χ0n) is 8.41. The first kappa shape index (κ1) is 12.3. The molecule has 78 valence electrons. The Hall–Kier alpha value is -0.650. The van der Waals surface area contributed by atoms with Gasteiger partial charge in [0, 0.05) is 20.7 Å². The van der Waals surface area contributed by atoms with Crippen molar-refractivity contribution in [3.63, 3.8) is 0 Å². The maximum absolute atomic E-state index is 11.2. The summed E-state index contributed by atoms with van der Waals surface area (Å²) in [6.07, 6.45) is -0.615. The third kappa shape index (κ3) is 5.57. The highest BCUT2D eigenvalue weighted by molar-refractivity contribution is 5.77. The molecule has 0 aliphatic carbocycles. The largest absolute Gasteiger partial charge is 0.389 e. The van der Waals surface area contributed by atoms with Crippen molar-refractivity contribution in [1.82, 2.24) is 10.2 Å². The van der Waals surface area contributed by atoms with Crippen LogP contribution in [0, 0.1) is 0 Å². The predicted molar refractivity (Wildman–Crippen MR) is 49.4 cm³/mol. The minimum Gasteiger partial charge on any atom is -0.389 e. The summed E-state index contributed by atoms with van der Waals surface area (Å²) >= 11 is 0. The van der Waals surface area contributed by atoms with Gasteiger partial charge in [-0.05, 0) is 7.05 Å². The van der Waals surface area contributed by atoms with Crippen LogP contribution in [0.15, 0.2) is 0 Å². The lowest BCUT2D eigenvalue weighted by Gasteiger charge is -2.20. The molecule has 0 radical (unpaired) electrons. The summed E-state index contributed by atoms with van der Waals surface area (Å²) < 4.78 is 4.74. The van der Waals surface area contributed by atoms with Crippen molar-refractivity contribution in [2.45, 2.75) is 6.10 Å². The average Bonchev–Trinajstić information content (AvgIpc) is 2.05. The molecular formula is C8H18N2O3. The highest BCUT2D eigenvalue weighted by atomic mass is 16.5. The van der Waals surface area contributed by atoms with Crippen molar-refractivity contribution < 1.29 is 14.6 Å². The number of carbonyl (C=O) groups is 1. The number of nitrogens with zero attached hydrogens (tertiary/aromatic N) is 1. The summed E-state index contributed by atoms with van der Waals surface area (Å²) in [6, 6.07) is 0. The average molecular weight is 190 g/mol. The Morgan fingerprint density at radius 3 is 2.77 bits per heavy atom. The molecule has 0 aliphatic heterocycles.